The van der Waals surface area contributed by atoms with E-state index in [1.54, 1.807) is 0 Å². The summed E-state index contributed by atoms with van der Waals surface area (Å²) in [6.07, 6.45) is 6.08. The van der Waals surface area contributed by atoms with Crippen LogP contribution in [0, 0.1) is 5.92 Å². The second-order valence-corrected chi connectivity index (χ2v) is 3.38. The topological polar surface area (TPSA) is 0 Å². The van der Waals surface area contributed by atoms with Crippen molar-refractivity contribution >= 4 is 0 Å². The molecule has 60 valence electrons. The molecule has 0 spiro atoms. The minimum absolute atomic E-state index is 0.719. The Kier molecular flexibility index (Phi) is 2.73. The van der Waals surface area contributed by atoms with Crippen molar-refractivity contribution < 1.29 is 0 Å². The summed E-state index contributed by atoms with van der Waals surface area (Å²) in [4.78, 5) is 0. The van der Waals surface area contributed by atoms with Crippen molar-refractivity contribution in [3.63, 3.8) is 0 Å². The van der Waals surface area contributed by atoms with Gasteiger partial charge in [0.1, 0.15) is 0 Å². The van der Waals surface area contributed by atoms with Gasteiger partial charge in [-0.05, 0) is 44.6 Å². The van der Waals surface area contributed by atoms with E-state index in [1.165, 1.54) is 30.4 Å². The molecule has 0 aliphatic heterocycles. The highest BCUT2D eigenvalue weighted by Gasteiger charge is 2.12. The van der Waals surface area contributed by atoms with E-state index >= 15 is 0 Å². The Morgan fingerprint density at radius 1 is 1.73 bits per heavy atom. The highest BCUT2D eigenvalue weighted by Crippen LogP contribution is 2.27. The predicted octanol–water partition coefficient (Wildman–Crippen LogP) is 3.46. The summed E-state index contributed by atoms with van der Waals surface area (Å²) in [7, 11) is 0. The molecular weight excluding hydrogens is 132 g/mol. The Hall–Kier alpha value is -0.740. The third kappa shape index (κ3) is 2.10. The SMILES string of the molecule is C=C=C(C)C1CC=C(C)CC1. The number of hydrogen-bond donors (Lipinski definition) is 0. The number of allylic oxidation sites excluding steroid dienone is 3. The molecule has 0 aromatic rings. The first-order valence-electron chi connectivity index (χ1n) is 4.26. The molecule has 1 aliphatic rings. The summed E-state index contributed by atoms with van der Waals surface area (Å²) in [5, 5.41) is 0. The van der Waals surface area contributed by atoms with Gasteiger partial charge in [-0.3, -0.25) is 0 Å². The first kappa shape index (κ1) is 8.36. The van der Waals surface area contributed by atoms with Gasteiger partial charge in [-0.25, -0.2) is 0 Å². The molecule has 1 aliphatic carbocycles. The molecule has 0 amide bonds. The average molecular weight is 148 g/mol. The largest absolute Gasteiger partial charge is 0.130 e. The van der Waals surface area contributed by atoms with Crippen LogP contribution >= 0.6 is 0 Å². The minimum atomic E-state index is 0.719. The van der Waals surface area contributed by atoms with E-state index in [1.807, 2.05) is 0 Å². The summed E-state index contributed by atoms with van der Waals surface area (Å²) in [6.45, 7) is 8.01. The predicted molar refractivity (Wildman–Crippen MR) is 49.4 cm³/mol. The summed E-state index contributed by atoms with van der Waals surface area (Å²) >= 11 is 0. The maximum atomic E-state index is 3.67. The standard InChI is InChI=1S/C11H16/c1-4-10(3)11-7-5-9(2)6-8-11/h5,11H,1,6-8H2,2-3H3. The minimum Gasteiger partial charge on any atom is -0.130 e. The zero-order chi connectivity index (χ0) is 8.27. The maximum Gasteiger partial charge on any atom is -0.00924 e. The Bertz CT molecular complexity index is 214. The van der Waals surface area contributed by atoms with Crippen LogP contribution in [-0.2, 0) is 0 Å². The Morgan fingerprint density at radius 3 is 2.91 bits per heavy atom. The van der Waals surface area contributed by atoms with Gasteiger partial charge in [0.2, 0.25) is 0 Å². The van der Waals surface area contributed by atoms with Crippen LogP contribution in [0.15, 0.2) is 29.5 Å². The van der Waals surface area contributed by atoms with Crippen LogP contribution in [0.25, 0.3) is 0 Å². The van der Waals surface area contributed by atoms with Crippen molar-refractivity contribution in [2.75, 3.05) is 0 Å². The van der Waals surface area contributed by atoms with Gasteiger partial charge in [-0.2, -0.15) is 0 Å². The molecule has 0 radical (unpaired) electrons. The molecule has 11 heavy (non-hydrogen) atoms. The van der Waals surface area contributed by atoms with E-state index in [-0.39, 0.29) is 0 Å². The van der Waals surface area contributed by atoms with Crippen molar-refractivity contribution in [1.82, 2.24) is 0 Å². The van der Waals surface area contributed by atoms with Crippen molar-refractivity contribution in [3.05, 3.63) is 29.5 Å². The van der Waals surface area contributed by atoms with Crippen molar-refractivity contribution in [2.45, 2.75) is 33.1 Å². The van der Waals surface area contributed by atoms with Crippen molar-refractivity contribution in [1.29, 1.82) is 0 Å². The second kappa shape index (κ2) is 3.59. The second-order valence-electron chi connectivity index (χ2n) is 3.38. The van der Waals surface area contributed by atoms with E-state index < -0.39 is 0 Å². The summed E-state index contributed by atoms with van der Waals surface area (Å²) < 4.78 is 0. The lowest BCUT2D eigenvalue weighted by molar-refractivity contribution is 0.540. The smallest absolute Gasteiger partial charge is 0.00924 e. The van der Waals surface area contributed by atoms with Gasteiger partial charge in [-0.15, -0.1) is 5.73 Å². The monoisotopic (exact) mass is 148 g/mol. The van der Waals surface area contributed by atoms with Gasteiger partial charge in [0.25, 0.3) is 0 Å². The molecule has 1 rings (SSSR count). The van der Waals surface area contributed by atoms with Crippen LogP contribution in [0.5, 0.6) is 0 Å². The lowest BCUT2D eigenvalue weighted by Crippen LogP contribution is -2.05. The Balaban J connectivity index is 2.60. The molecule has 0 heteroatoms. The normalized spacial score (nSPS) is 23.8. The quantitative estimate of drug-likeness (QED) is 0.394. The van der Waals surface area contributed by atoms with Gasteiger partial charge in [0.15, 0.2) is 0 Å². The van der Waals surface area contributed by atoms with Gasteiger partial charge >= 0.3 is 0 Å². The molecule has 0 heterocycles. The summed E-state index contributed by atoms with van der Waals surface area (Å²) in [5.74, 6) is 0.719. The fourth-order valence-electron chi connectivity index (χ4n) is 1.50. The zero-order valence-electron chi connectivity index (χ0n) is 7.48. The van der Waals surface area contributed by atoms with E-state index in [2.05, 4.69) is 32.2 Å². The molecule has 0 fully saturated rings. The van der Waals surface area contributed by atoms with Crippen molar-refractivity contribution in [3.8, 4) is 0 Å². The van der Waals surface area contributed by atoms with Gasteiger partial charge < -0.3 is 0 Å². The van der Waals surface area contributed by atoms with E-state index in [9.17, 15) is 0 Å². The average Bonchev–Trinajstić information content (AvgIpc) is 2.05. The molecule has 0 aromatic carbocycles. The molecular formula is C11H16. The fourth-order valence-corrected chi connectivity index (χ4v) is 1.50. The van der Waals surface area contributed by atoms with Crippen LogP contribution in [0.1, 0.15) is 33.1 Å². The van der Waals surface area contributed by atoms with E-state index in [0.717, 1.165) is 5.92 Å². The maximum absolute atomic E-state index is 3.67. The lowest BCUT2D eigenvalue weighted by atomic mass is 9.86. The summed E-state index contributed by atoms with van der Waals surface area (Å²) in [6, 6.07) is 0. The Labute approximate surface area is 69.3 Å². The summed E-state index contributed by atoms with van der Waals surface area (Å²) in [5.41, 5.74) is 5.85. The van der Waals surface area contributed by atoms with Crippen LogP contribution in [0.3, 0.4) is 0 Å². The molecule has 0 nitrogen and oxygen atoms in total. The van der Waals surface area contributed by atoms with Crippen LogP contribution < -0.4 is 0 Å². The molecule has 1 unspecified atom stereocenters. The van der Waals surface area contributed by atoms with Crippen LogP contribution in [-0.4, -0.2) is 0 Å². The molecule has 0 saturated carbocycles. The third-order valence-corrected chi connectivity index (χ3v) is 2.53. The number of hydrogen-bond acceptors (Lipinski definition) is 0. The van der Waals surface area contributed by atoms with Gasteiger partial charge in [0.05, 0.1) is 0 Å². The molecule has 0 saturated heterocycles. The Morgan fingerprint density at radius 2 is 2.45 bits per heavy atom. The number of rotatable bonds is 1. The molecule has 0 bridgehead atoms. The fraction of sp³-hybridized carbons (Fsp3) is 0.545. The van der Waals surface area contributed by atoms with Crippen LogP contribution in [0.4, 0.5) is 0 Å². The molecule has 0 aromatic heterocycles. The first-order chi connectivity index (χ1) is 5.24. The third-order valence-electron chi connectivity index (χ3n) is 2.53. The lowest BCUT2D eigenvalue weighted by Gasteiger charge is -2.19. The van der Waals surface area contributed by atoms with E-state index in [4.69, 9.17) is 0 Å². The first-order valence-corrected chi connectivity index (χ1v) is 4.26. The van der Waals surface area contributed by atoms with Gasteiger partial charge in [0, 0.05) is 0 Å². The molecule has 0 N–H and O–H groups in total. The van der Waals surface area contributed by atoms with Gasteiger partial charge in [-0.1, -0.05) is 18.2 Å². The zero-order valence-corrected chi connectivity index (χ0v) is 7.48. The van der Waals surface area contributed by atoms with Crippen molar-refractivity contribution in [2.24, 2.45) is 5.92 Å². The molecule has 1 atom stereocenters. The van der Waals surface area contributed by atoms with E-state index in [0.29, 0.717) is 0 Å². The highest BCUT2D eigenvalue weighted by atomic mass is 14.2. The highest BCUT2D eigenvalue weighted by molar-refractivity contribution is 5.11. The van der Waals surface area contributed by atoms with Crippen LogP contribution in [0.2, 0.25) is 0 Å².